The summed E-state index contributed by atoms with van der Waals surface area (Å²) >= 11 is 0. The highest BCUT2D eigenvalue weighted by molar-refractivity contribution is 5.70. The molecule has 0 aromatic heterocycles. The zero-order chi connectivity index (χ0) is 25.0. The summed E-state index contributed by atoms with van der Waals surface area (Å²) in [6.07, 6.45) is 17.0. The number of quaternary nitrogens is 1. The topological polar surface area (TPSA) is 104 Å². The van der Waals surface area contributed by atoms with Gasteiger partial charge in [0.2, 0.25) is 0 Å². The van der Waals surface area contributed by atoms with Gasteiger partial charge in [-0.1, -0.05) is 83.5 Å². The fourth-order valence-electron chi connectivity index (χ4n) is 4.03. The number of aliphatic carboxylic acids is 2. The molecule has 0 aliphatic heterocycles. The number of carboxylic acids is 2. The monoisotopic (exact) mass is 471 g/mol. The molecule has 194 valence electrons. The zero-order valence-corrected chi connectivity index (χ0v) is 21.4. The van der Waals surface area contributed by atoms with Crippen LogP contribution in [0.25, 0.3) is 0 Å². The van der Waals surface area contributed by atoms with E-state index in [1.807, 2.05) is 21.1 Å². The zero-order valence-electron chi connectivity index (χ0n) is 21.4. The number of hydrogen-bond acceptors (Lipinski definition) is 5. The second kappa shape index (κ2) is 19.8. The number of carbonyl (C=O) groups excluding carboxylic acids is 2. The Bertz CT molecular complexity index is 529. The van der Waals surface area contributed by atoms with Gasteiger partial charge < -0.3 is 24.2 Å². The van der Waals surface area contributed by atoms with Crippen molar-refractivity contribution in [1.82, 2.24) is 0 Å². The first-order valence-electron chi connectivity index (χ1n) is 13.0. The summed E-state index contributed by atoms with van der Waals surface area (Å²) in [6, 6.07) is 0. The number of esters is 1. The van der Waals surface area contributed by atoms with Gasteiger partial charge in [0.1, 0.15) is 6.54 Å². The van der Waals surface area contributed by atoms with Crippen molar-refractivity contribution in [2.24, 2.45) is 0 Å². The molecule has 1 atom stereocenters. The Morgan fingerprint density at radius 2 is 1.06 bits per heavy atom. The fourth-order valence-corrected chi connectivity index (χ4v) is 4.03. The molecular weight excluding hydrogens is 422 g/mol. The number of carbonyl (C=O) groups is 3. The van der Waals surface area contributed by atoms with Crippen molar-refractivity contribution in [3.05, 3.63) is 0 Å². The molecule has 33 heavy (non-hydrogen) atoms. The summed E-state index contributed by atoms with van der Waals surface area (Å²) < 4.78 is 5.90. The van der Waals surface area contributed by atoms with Gasteiger partial charge in [-0.15, -0.1) is 0 Å². The predicted molar refractivity (Wildman–Crippen MR) is 129 cm³/mol. The average Bonchev–Trinajstić information content (AvgIpc) is 2.68. The van der Waals surface area contributed by atoms with E-state index in [1.165, 1.54) is 57.8 Å². The Morgan fingerprint density at radius 1 is 0.697 bits per heavy atom. The second-order valence-corrected chi connectivity index (χ2v) is 10.4. The van der Waals surface area contributed by atoms with E-state index in [2.05, 4.69) is 0 Å². The first kappa shape index (κ1) is 31.4. The number of carboxylic acid groups (broad SMARTS) is 2. The van der Waals surface area contributed by atoms with Gasteiger partial charge in [0.15, 0.2) is 6.10 Å². The molecule has 0 aromatic rings. The Morgan fingerprint density at radius 3 is 1.39 bits per heavy atom. The third kappa shape index (κ3) is 24.8. The third-order valence-corrected chi connectivity index (χ3v) is 5.72. The van der Waals surface area contributed by atoms with Crippen LogP contribution in [0.2, 0.25) is 0 Å². The molecule has 0 bridgehead atoms. The van der Waals surface area contributed by atoms with Crippen molar-refractivity contribution < 1.29 is 33.8 Å². The van der Waals surface area contributed by atoms with Gasteiger partial charge in [-0.3, -0.25) is 9.59 Å². The molecule has 0 amide bonds. The number of unbranched alkanes of at least 4 members (excludes halogenated alkanes) is 14. The van der Waals surface area contributed by atoms with Gasteiger partial charge in [-0.05, 0) is 12.8 Å². The van der Waals surface area contributed by atoms with Crippen molar-refractivity contribution in [1.29, 1.82) is 0 Å². The van der Waals surface area contributed by atoms with Crippen LogP contribution in [0.3, 0.4) is 0 Å². The predicted octanol–water partition coefficient (Wildman–Crippen LogP) is 4.46. The maximum atomic E-state index is 12.0. The number of hydrogen-bond donors (Lipinski definition) is 1. The summed E-state index contributed by atoms with van der Waals surface area (Å²) in [5.41, 5.74) is 0. The van der Waals surface area contributed by atoms with E-state index in [0.29, 0.717) is 23.9 Å². The van der Waals surface area contributed by atoms with Crippen molar-refractivity contribution >= 4 is 17.9 Å². The van der Waals surface area contributed by atoms with E-state index in [-0.39, 0.29) is 12.4 Å². The molecule has 0 saturated heterocycles. The van der Waals surface area contributed by atoms with Crippen molar-refractivity contribution in [2.45, 2.75) is 122 Å². The molecule has 0 saturated carbocycles. The van der Waals surface area contributed by atoms with Crippen LogP contribution >= 0.6 is 0 Å². The summed E-state index contributed by atoms with van der Waals surface area (Å²) in [5.74, 6) is -2.19. The first-order valence-corrected chi connectivity index (χ1v) is 13.0. The lowest BCUT2D eigenvalue weighted by atomic mass is 10.0. The highest BCUT2D eigenvalue weighted by Crippen LogP contribution is 2.14. The maximum absolute atomic E-state index is 12.0. The number of likely N-dealkylation sites (N-methyl/N-ethyl adjacent to an activating group) is 1. The molecular formula is C26H49NO6. The fraction of sp³-hybridized carbons (Fsp3) is 0.885. The largest absolute Gasteiger partial charge is 0.550 e. The quantitative estimate of drug-likeness (QED) is 0.134. The number of rotatable bonds is 23. The van der Waals surface area contributed by atoms with Crippen LogP contribution < -0.4 is 5.11 Å². The van der Waals surface area contributed by atoms with E-state index >= 15 is 0 Å². The molecule has 0 aliphatic carbocycles. The summed E-state index contributed by atoms with van der Waals surface area (Å²) in [4.78, 5) is 33.3. The van der Waals surface area contributed by atoms with Crippen molar-refractivity contribution in [3.8, 4) is 0 Å². The van der Waals surface area contributed by atoms with E-state index in [4.69, 9.17) is 9.84 Å². The summed E-state index contributed by atoms with van der Waals surface area (Å²) in [5, 5.41) is 19.5. The van der Waals surface area contributed by atoms with Crippen LogP contribution in [0, 0.1) is 0 Å². The van der Waals surface area contributed by atoms with Crippen LogP contribution in [0.1, 0.15) is 116 Å². The first-order chi connectivity index (χ1) is 15.6. The molecule has 0 aromatic carbocycles. The van der Waals surface area contributed by atoms with E-state index < -0.39 is 18.0 Å². The molecule has 0 heterocycles. The Hall–Kier alpha value is -1.63. The number of nitrogens with zero attached hydrogens (tertiary/aromatic N) is 1. The maximum Gasteiger partial charge on any atom is 0.306 e. The highest BCUT2D eigenvalue weighted by atomic mass is 16.5. The minimum atomic E-state index is -1.19. The molecule has 0 spiro atoms. The van der Waals surface area contributed by atoms with Crippen LogP contribution in [0.4, 0.5) is 0 Å². The lowest BCUT2D eigenvalue weighted by Crippen LogP contribution is -2.45. The van der Waals surface area contributed by atoms with Gasteiger partial charge in [-0.2, -0.15) is 0 Å². The molecule has 7 heteroatoms. The number of ether oxygens (including phenoxy) is 1. The van der Waals surface area contributed by atoms with Crippen molar-refractivity contribution in [3.63, 3.8) is 0 Å². The van der Waals surface area contributed by atoms with Crippen LogP contribution in [0.5, 0.6) is 0 Å². The minimum absolute atomic E-state index is 0.254. The van der Waals surface area contributed by atoms with Gasteiger partial charge >= 0.3 is 11.9 Å². The Labute approximate surface area is 201 Å². The SMILES string of the molecule is C[N+](C)(C)C[C@@H](CC(=O)[O-])OC(=O)CCCCCCCCCCCCCCCCCC(=O)O. The Balaban J connectivity index is 3.50. The molecule has 0 fully saturated rings. The summed E-state index contributed by atoms with van der Waals surface area (Å²) in [7, 11) is 5.81. The van der Waals surface area contributed by atoms with Gasteiger partial charge in [0.25, 0.3) is 0 Å². The van der Waals surface area contributed by atoms with E-state index in [0.717, 1.165) is 38.5 Å². The average molecular weight is 472 g/mol. The van der Waals surface area contributed by atoms with Crippen LogP contribution in [-0.2, 0) is 19.1 Å². The van der Waals surface area contributed by atoms with E-state index in [9.17, 15) is 19.5 Å². The standard InChI is InChI=1S/C26H49NO6/c1-27(2,3)22-23(21-25(30)31)33-26(32)20-18-16-14-12-10-8-6-4-5-7-9-11-13-15-17-19-24(28)29/h23H,4-22H2,1-3H3,(H-,28,29,30,31)/t23-/m1/s1. The van der Waals surface area contributed by atoms with Gasteiger partial charge in [0, 0.05) is 25.2 Å². The lowest BCUT2D eigenvalue weighted by molar-refractivity contribution is -0.873. The van der Waals surface area contributed by atoms with E-state index in [1.54, 1.807) is 0 Å². The third-order valence-electron chi connectivity index (χ3n) is 5.72. The lowest BCUT2D eigenvalue weighted by Gasteiger charge is -2.29. The normalized spacial score (nSPS) is 12.5. The summed E-state index contributed by atoms with van der Waals surface area (Å²) in [6.45, 7) is 0.453. The van der Waals surface area contributed by atoms with Crippen molar-refractivity contribution in [2.75, 3.05) is 27.7 Å². The van der Waals surface area contributed by atoms with Crippen LogP contribution in [-0.4, -0.2) is 61.3 Å². The smallest absolute Gasteiger partial charge is 0.306 e. The van der Waals surface area contributed by atoms with Gasteiger partial charge in [-0.25, -0.2) is 0 Å². The molecule has 1 N–H and O–H groups in total. The highest BCUT2D eigenvalue weighted by Gasteiger charge is 2.22. The molecule has 0 rings (SSSR count). The molecule has 7 nitrogen and oxygen atoms in total. The molecule has 0 aliphatic rings. The molecule has 0 radical (unpaired) electrons. The second-order valence-electron chi connectivity index (χ2n) is 10.4. The Kier molecular flexibility index (Phi) is 18.8. The minimum Gasteiger partial charge on any atom is -0.550 e. The van der Waals surface area contributed by atoms with Gasteiger partial charge in [0.05, 0.1) is 21.1 Å². The van der Waals surface area contributed by atoms with Crippen LogP contribution in [0.15, 0.2) is 0 Å². The molecule has 0 unspecified atom stereocenters.